The molecule has 3 nitrogen and oxygen atoms in total. The van der Waals surface area contributed by atoms with Gasteiger partial charge in [0.25, 0.3) is 0 Å². The summed E-state index contributed by atoms with van der Waals surface area (Å²) < 4.78 is 6.92. The summed E-state index contributed by atoms with van der Waals surface area (Å²) in [7, 11) is 0. The van der Waals surface area contributed by atoms with Crippen molar-refractivity contribution in [3.8, 4) is 0 Å². The number of furan rings is 1. The van der Waals surface area contributed by atoms with Gasteiger partial charge >= 0.3 is 0 Å². The van der Waals surface area contributed by atoms with Crippen LogP contribution in [0.15, 0.2) is 150 Å². The maximum Gasteiger partial charge on any atom is 0.138 e. The van der Waals surface area contributed by atoms with Crippen molar-refractivity contribution in [1.29, 1.82) is 0 Å². The Morgan fingerprint density at radius 1 is 0.700 bits per heavy atom. The molecule has 0 bridgehead atoms. The minimum atomic E-state index is -0.0205. The number of anilines is 4. The Balaban J connectivity index is 1.21. The van der Waals surface area contributed by atoms with Crippen LogP contribution in [-0.4, -0.2) is 0 Å². The van der Waals surface area contributed by atoms with Crippen molar-refractivity contribution in [1.82, 2.24) is 0 Å². The van der Waals surface area contributed by atoms with E-state index in [1.165, 1.54) is 49.4 Å². The van der Waals surface area contributed by atoms with Gasteiger partial charge in [-0.25, -0.2) is 0 Å². The number of aryl methyl sites for hydroxylation is 3. The van der Waals surface area contributed by atoms with Crippen LogP contribution in [0.5, 0.6) is 0 Å². The molecule has 50 heavy (non-hydrogen) atoms. The minimum Gasteiger partial charge on any atom is -0.456 e. The van der Waals surface area contributed by atoms with Gasteiger partial charge in [-0.3, -0.25) is 0 Å². The maximum absolute atomic E-state index is 6.92. The summed E-state index contributed by atoms with van der Waals surface area (Å²) in [4.78, 5) is 2.39. The summed E-state index contributed by atoms with van der Waals surface area (Å²) in [5.41, 5.74) is 13.8. The Hall–Kier alpha value is -5.80. The molecule has 0 amide bonds. The Kier molecular flexibility index (Phi) is 7.24. The van der Waals surface area contributed by atoms with Crippen LogP contribution in [0.3, 0.4) is 0 Å². The predicted octanol–water partition coefficient (Wildman–Crippen LogP) is 13.0. The number of hydrogen-bond acceptors (Lipinski definition) is 3. The molecular formula is C47H40N2O. The first-order valence-electron chi connectivity index (χ1n) is 17.7. The number of fused-ring (bicyclic) bond motifs is 7. The molecule has 0 spiro atoms. The fourth-order valence-corrected chi connectivity index (χ4v) is 7.94. The molecule has 3 heteroatoms. The molecule has 0 fully saturated rings. The third kappa shape index (κ3) is 5.13. The molecule has 0 saturated carbocycles. The molecule has 1 unspecified atom stereocenters. The highest BCUT2D eigenvalue weighted by Gasteiger charge is 2.27. The molecule has 7 aromatic rings. The Morgan fingerprint density at radius 3 is 2.26 bits per heavy atom. The normalized spacial score (nSPS) is 16.9. The number of hydrogen-bond donors (Lipinski definition) is 1. The van der Waals surface area contributed by atoms with E-state index >= 15 is 0 Å². The molecule has 1 aromatic heterocycles. The highest BCUT2D eigenvalue weighted by molar-refractivity contribution is 6.23. The minimum absolute atomic E-state index is 0.0205. The second-order valence-electron chi connectivity index (χ2n) is 14.2. The van der Waals surface area contributed by atoms with Crippen molar-refractivity contribution in [3.05, 3.63) is 173 Å². The molecule has 0 saturated heterocycles. The summed E-state index contributed by atoms with van der Waals surface area (Å²) in [6.45, 7) is 6.61. The van der Waals surface area contributed by atoms with Gasteiger partial charge in [-0.05, 0) is 85.5 Å². The van der Waals surface area contributed by atoms with Crippen LogP contribution >= 0.6 is 0 Å². The molecule has 244 valence electrons. The first kappa shape index (κ1) is 30.3. The van der Waals surface area contributed by atoms with Crippen LogP contribution < -0.4 is 10.2 Å². The lowest BCUT2D eigenvalue weighted by atomic mass is 9.77. The van der Waals surface area contributed by atoms with Gasteiger partial charge in [-0.2, -0.15) is 0 Å². The average Bonchev–Trinajstić information content (AvgIpc) is 3.53. The highest BCUT2D eigenvalue weighted by atomic mass is 16.3. The van der Waals surface area contributed by atoms with E-state index in [1.54, 1.807) is 0 Å². The third-order valence-corrected chi connectivity index (χ3v) is 10.6. The molecule has 9 rings (SSSR count). The zero-order valence-corrected chi connectivity index (χ0v) is 28.8. The van der Waals surface area contributed by atoms with Gasteiger partial charge in [0.05, 0.1) is 11.4 Å². The van der Waals surface area contributed by atoms with Crippen molar-refractivity contribution in [2.24, 2.45) is 0 Å². The van der Waals surface area contributed by atoms with Crippen LogP contribution in [0.4, 0.5) is 22.7 Å². The number of allylic oxidation sites excluding steroid dienone is 4. The summed E-state index contributed by atoms with van der Waals surface area (Å²) >= 11 is 0. The molecule has 2 aliphatic carbocycles. The van der Waals surface area contributed by atoms with E-state index in [2.05, 4.69) is 177 Å². The molecule has 2 aliphatic rings. The van der Waals surface area contributed by atoms with Gasteiger partial charge in [0, 0.05) is 56.3 Å². The van der Waals surface area contributed by atoms with Crippen molar-refractivity contribution < 1.29 is 4.42 Å². The van der Waals surface area contributed by atoms with Gasteiger partial charge in [0.1, 0.15) is 11.2 Å². The monoisotopic (exact) mass is 648 g/mol. The lowest BCUT2D eigenvalue weighted by molar-refractivity contribution is 0.597. The molecule has 1 heterocycles. The molecule has 6 aromatic carbocycles. The topological polar surface area (TPSA) is 28.4 Å². The maximum atomic E-state index is 6.92. The van der Waals surface area contributed by atoms with Crippen LogP contribution in [0.2, 0.25) is 0 Å². The highest BCUT2D eigenvalue weighted by Crippen LogP contribution is 2.48. The lowest BCUT2D eigenvalue weighted by Crippen LogP contribution is -2.21. The van der Waals surface area contributed by atoms with Crippen LogP contribution in [-0.2, 0) is 11.8 Å². The molecule has 0 radical (unpaired) electrons. The first-order chi connectivity index (χ1) is 24.4. The van der Waals surface area contributed by atoms with Crippen LogP contribution in [0.25, 0.3) is 38.8 Å². The van der Waals surface area contributed by atoms with E-state index in [0.717, 1.165) is 58.9 Å². The van der Waals surface area contributed by atoms with Crippen molar-refractivity contribution in [2.45, 2.75) is 45.4 Å². The van der Waals surface area contributed by atoms with Gasteiger partial charge in [-0.1, -0.05) is 116 Å². The summed E-state index contributed by atoms with van der Waals surface area (Å²) in [6.07, 6.45) is 14.4. The zero-order valence-electron chi connectivity index (χ0n) is 28.8. The van der Waals surface area contributed by atoms with Gasteiger partial charge in [0.15, 0.2) is 0 Å². The number of nitrogens with zero attached hydrogens (tertiary/aromatic N) is 1. The van der Waals surface area contributed by atoms with Gasteiger partial charge in [-0.15, -0.1) is 0 Å². The lowest BCUT2D eigenvalue weighted by Gasteiger charge is -2.29. The average molecular weight is 649 g/mol. The summed E-state index contributed by atoms with van der Waals surface area (Å²) in [6, 6.07) is 41.6. The number of nitrogens with one attached hydrogen (secondary N) is 1. The van der Waals surface area contributed by atoms with E-state index in [4.69, 9.17) is 4.42 Å². The fraction of sp³-hybridized carbons (Fsp3) is 0.149. The molecule has 1 N–H and O–H groups in total. The third-order valence-electron chi connectivity index (χ3n) is 10.6. The summed E-state index contributed by atoms with van der Waals surface area (Å²) in [5, 5.41) is 8.62. The predicted molar refractivity (Wildman–Crippen MR) is 212 cm³/mol. The van der Waals surface area contributed by atoms with Gasteiger partial charge in [0.2, 0.25) is 0 Å². The molecule has 0 aliphatic heterocycles. The number of rotatable bonds is 6. The van der Waals surface area contributed by atoms with E-state index in [0.29, 0.717) is 0 Å². The largest absolute Gasteiger partial charge is 0.456 e. The van der Waals surface area contributed by atoms with Crippen LogP contribution in [0, 0.1) is 13.8 Å². The number of benzene rings is 6. The van der Waals surface area contributed by atoms with Crippen molar-refractivity contribution >= 4 is 61.5 Å². The first-order valence-corrected chi connectivity index (χ1v) is 17.7. The summed E-state index contributed by atoms with van der Waals surface area (Å²) in [5.74, 6) is 0. The second-order valence-corrected chi connectivity index (χ2v) is 14.2. The van der Waals surface area contributed by atoms with Crippen molar-refractivity contribution in [3.63, 3.8) is 0 Å². The SMILES string of the molecule is Cc1ccc(N(c2cccc(C)c2)c2cc3oc4cc(NC5=CCC(C)(c6ccccc6)C=C5)c5ccccc5c4c3c3c2C=CCC3)cc1. The Bertz CT molecular complexity index is 2520. The fourth-order valence-electron chi connectivity index (χ4n) is 7.94. The van der Waals surface area contributed by atoms with Crippen LogP contribution in [0.1, 0.15) is 47.6 Å². The van der Waals surface area contributed by atoms with Gasteiger partial charge < -0.3 is 14.6 Å². The van der Waals surface area contributed by atoms with E-state index in [1.807, 2.05) is 0 Å². The molecular weight excluding hydrogens is 609 g/mol. The standard InChI is InChI=1S/C47H40N2O/c1-31-20-22-35(23-21-31)49(36-15-11-12-32(2)28-36)42-30-44-46(40-19-10-8-17-38(40)42)45-39-18-9-7-16-37(39)41(29-43(45)50-44)48-34-24-26-47(3,27-25-34)33-13-5-4-6-14-33/h4-9,11-18,20-26,28-30,48H,10,19,27H2,1-3H3. The zero-order chi connectivity index (χ0) is 33.8. The quantitative estimate of drug-likeness (QED) is 0.194. The Morgan fingerprint density at radius 2 is 1.48 bits per heavy atom. The van der Waals surface area contributed by atoms with E-state index in [9.17, 15) is 0 Å². The Labute approximate surface area is 293 Å². The second kappa shape index (κ2) is 12.0. The van der Waals surface area contributed by atoms with E-state index < -0.39 is 0 Å². The van der Waals surface area contributed by atoms with E-state index in [-0.39, 0.29) is 5.41 Å². The van der Waals surface area contributed by atoms with Crippen molar-refractivity contribution in [2.75, 3.05) is 10.2 Å². The molecule has 1 atom stereocenters. The smallest absolute Gasteiger partial charge is 0.138 e.